The van der Waals surface area contributed by atoms with E-state index in [0.29, 0.717) is 5.69 Å². The Kier molecular flexibility index (Phi) is 10.3. The Labute approximate surface area is 216 Å². The molecule has 1 aliphatic heterocycles. The number of nitrogens with one attached hydrogen (secondary N) is 1. The average Bonchev–Trinajstić information content (AvgIpc) is 2.80. The minimum absolute atomic E-state index is 0.0853. The predicted molar refractivity (Wildman–Crippen MR) is 134 cm³/mol. The number of carbonyl (C=O) groups is 2. The molecule has 198 valence electrons. The third-order valence-corrected chi connectivity index (χ3v) is 7.63. The number of anilines is 2. The molecule has 36 heavy (non-hydrogen) atoms. The van der Waals surface area contributed by atoms with Crippen LogP contribution in [-0.4, -0.2) is 75.5 Å². The number of carboxylic acids is 1. The summed E-state index contributed by atoms with van der Waals surface area (Å²) in [6, 6.07) is 12.4. The summed E-state index contributed by atoms with van der Waals surface area (Å²) >= 11 is 3.29. The van der Waals surface area contributed by atoms with E-state index in [9.17, 15) is 26.4 Å². The van der Waals surface area contributed by atoms with Gasteiger partial charge in [-0.15, -0.1) is 0 Å². The highest BCUT2D eigenvalue weighted by molar-refractivity contribution is 9.10. The van der Waals surface area contributed by atoms with Crippen LogP contribution in [0.5, 0.6) is 0 Å². The zero-order valence-electron chi connectivity index (χ0n) is 19.7. The summed E-state index contributed by atoms with van der Waals surface area (Å²) in [7, 11) is -1.37. The first-order valence-corrected chi connectivity index (χ1v) is 13.3. The summed E-state index contributed by atoms with van der Waals surface area (Å²) in [4.78, 5) is 26.1. The summed E-state index contributed by atoms with van der Waals surface area (Å²) < 4.78 is 57.4. The van der Waals surface area contributed by atoms with Crippen LogP contribution in [0.3, 0.4) is 0 Å². The molecule has 13 heteroatoms. The lowest BCUT2D eigenvalue weighted by molar-refractivity contribution is -0.192. The van der Waals surface area contributed by atoms with Crippen LogP contribution in [0.2, 0.25) is 0 Å². The summed E-state index contributed by atoms with van der Waals surface area (Å²) in [5.41, 5.74) is 2.82. The Morgan fingerprint density at radius 3 is 2.11 bits per heavy atom. The Hall–Kier alpha value is -2.64. The van der Waals surface area contributed by atoms with Gasteiger partial charge in [0.25, 0.3) is 0 Å². The molecule has 0 radical (unpaired) electrons. The molecule has 2 aromatic rings. The lowest BCUT2D eigenvalue weighted by Gasteiger charge is -2.34. The van der Waals surface area contributed by atoms with Crippen molar-refractivity contribution in [1.29, 1.82) is 0 Å². The third-order valence-electron chi connectivity index (χ3n) is 5.37. The van der Waals surface area contributed by atoms with Gasteiger partial charge in [0.1, 0.15) is 0 Å². The van der Waals surface area contributed by atoms with E-state index in [0.717, 1.165) is 41.9 Å². The van der Waals surface area contributed by atoms with Gasteiger partial charge in [-0.25, -0.2) is 13.2 Å². The molecule has 3 rings (SSSR count). The zero-order valence-corrected chi connectivity index (χ0v) is 22.1. The number of carboxylic acid groups (broad SMARTS) is 1. The maximum absolute atomic E-state index is 12.4. The van der Waals surface area contributed by atoms with Gasteiger partial charge in [0.2, 0.25) is 5.91 Å². The van der Waals surface area contributed by atoms with Crippen LogP contribution >= 0.6 is 15.9 Å². The topological polar surface area (TPSA) is 107 Å². The second-order valence-corrected chi connectivity index (χ2v) is 11.2. The van der Waals surface area contributed by atoms with Gasteiger partial charge < -0.3 is 20.2 Å². The third kappa shape index (κ3) is 9.10. The number of aliphatic carboxylic acids is 1. The number of amides is 1. The van der Waals surface area contributed by atoms with Gasteiger partial charge >= 0.3 is 12.1 Å². The number of piperazine rings is 1. The van der Waals surface area contributed by atoms with E-state index < -0.39 is 22.0 Å². The Balaban J connectivity index is 0.000000572. The van der Waals surface area contributed by atoms with Gasteiger partial charge in [0.05, 0.1) is 10.6 Å². The van der Waals surface area contributed by atoms with Crippen molar-refractivity contribution in [2.45, 2.75) is 24.4 Å². The first-order valence-electron chi connectivity index (χ1n) is 10.8. The molecule has 0 saturated carbocycles. The summed E-state index contributed by atoms with van der Waals surface area (Å²) in [5.74, 6) is -3.28. The van der Waals surface area contributed by atoms with Crippen LogP contribution in [0, 0.1) is 6.92 Å². The maximum Gasteiger partial charge on any atom is 0.490 e. The van der Waals surface area contributed by atoms with E-state index in [1.807, 2.05) is 19.1 Å². The first kappa shape index (κ1) is 29.6. The number of hydrogen-bond acceptors (Lipinski definition) is 6. The monoisotopic (exact) mass is 593 g/mol. The molecule has 2 aromatic carbocycles. The van der Waals surface area contributed by atoms with E-state index in [-0.39, 0.29) is 23.0 Å². The van der Waals surface area contributed by atoms with Gasteiger partial charge in [0.15, 0.2) is 9.84 Å². The second-order valence-electron chi connectivity index (χ2n) is 8.16. The SMILES string of the molecule is Cc1cc(N2CCN(C)CC2)ccc1NC(=O)CCS(=O)(=O)c1ccc(Br)cc1.O=C(O)C(F)(F)F. The number of carbonyl (C=O) groups excluding carboxylic acids is 1. The molecule has 1 saturated heterocycles. The van der Waals surface area contributed by atoms with Crippen LogP contribution < -0.4 is 10.2 Å². The molecule has 0 bridgehead atoms. The summed E-state index contributed by atoms with van der Waals surface area (Å²) in [5, 5.41) is 9.97. The summed E-state index contributed by atoms with van der Waals surface area (Å²) in [6.07, 6.45) is -5.17. The van der Waals surface area contributed by atoms with Gasteiger partial charge in [-0.1, -0.05) is 15.9 Å². The van der Waals surface area contributed by atoms with Gasteiger partial charge in [-0.3, -0.25) is 4.79 Å². The number of hydrogen-bond donors (Lipinski definition) is 2. The van der Waals surface area contributed by atoms with E-state index in [1.54, 1.807) is 24.3 Å². The van der Waals surface area contributed by atoms with Crippen LogP contribution in [0.4, 0.5) is 24.5 Å². The fourth-order valence-electron chi connectivity index (χ4n) is 3.25. The average molecular weight is 594 g/mol. The largest absolute Gasteiger partial charge is 0.490 e. The van der Waals surface area contributed by atoms with E-state index in [1.165, 1.54) is 0 Å². The molecular formula is C23H27BrF3N3O5S. The van der Waals surface area contributed by atoms with Crippen LogP contribution in [-0.2, 0) is 19.4 Å². The number of aryl methyl sites for hydroxylation is 1. The minimum Gasteiger partial charge on any atom is -0.475 e. The van der Waals surface area contributed by atoms with Crippen molar-refractivity contribution in [2.24, 2.45) is 0 Å². The second kappa shape index (κ2) is 12.5. The molecule has 1 amide bonds. The highest BCUT2D eigenvalue weighted by Crippen LogP contribution is 2.24. The highest BCUT2D eigenvalue weighted by Gasteiger charge is 2.38. The molecule has 0 aliphatic carbocycles. The summed E-state index contributed by atoms with van der Waals surface area (Å²) in [6.45, 7) is 5.98. The number of sulfone groups is 1. The van der Waals surface area contributed by atoms with Crippen molar-refractivity contribution in [3.8, 4) is 0 Å². The van der Waals surface area contributed by atoms with Crippen LogP contribution in [0.15, 0.2) is 51.8 Å². The lowest BCUT2D eigenvalue weighted by atomic mass is 10.1. The minimum atomic E-state index is -5.08. The maximum atomic E-state index is 12.4. The smallest absolute Gasteiger partial charge is 0.475 e. The quantitative estimate of drug-likeness (QED) is 0.522. The fraction of sp³-hybridized carbons (Fsp3) is 0.391. The number of rotatable bonds is 6. The van der Waals surface area contributed by atoms with Crippen LogP contribution in [0.25, 0.3) is 0 Å². The Bertz CT molecular complexity index is 1170. The van der Waals surface area contributed by atoms with Crippen molar-refractivity contribution < 1.29 is 36.3 Å². The molecule has 2 N–H and O–H groups in total. The van der Waals surface area contributed by atoms with E-state index >= 15 is 0 Å². The molecular weight excluding hydrogens is 567 g/mol. The van der Waals surface area contributed by atoms with Gasteiger partial charge in [-0.05, 0) is 62.0 Å². The normalized spacial score (nSPS) is 14.6. The zero-order chi connectivity index (χ0) is 27.1. The fourth-order valence-corrected chi connectivity index (χ4v) is 4.75. The Morgan fingerprint density at radius 1 is 1.06 bits per heavy atom. The van der Waals surface area contributed by atoms with Crippen LogP contribution in [0.1, 0.15) is 12.0 Å². The molecule has 0 aromatic heterocycles. The van der Waals surface area contributed by atoms with Crippen molar-refractivity contribution >= 4 is 49.0 Å². The van der Waals surface area contributed by atoms with E-state index in [2.05, 4.69) is 44.2 Å². The standard InChI is InChI=1S/C21H26BrN3O3S.C2HF3O2/c1-16-15-18(25-12-10-24(2)11-13-25)5-8-20(16)23-21(26)9-14-29(27,28)19-6-3-17(22)4-7-19;3-2(4,5)1(6)7/h3-8,15H,9-14H2,1-2H3,(H,23,26);(H,6,7). The lowest BCUT2D eigenvalue weighted by Crippen LogP contribution is -2.44. The molecule has 0 atom stereocenters. The number of alkyl halides is 3. The highest BCUT2D eigenvalue weighted by atomic mass is 79.9. The molecule has 8 nitrogen and oxygen atoms in total. The van der Waals surface area contributed by atoms with Crippen molar-refractivity contribution in [2.75, 3.05) is 49.2 Å². The predicted octanol–water partition coefficient (Wildman–Crippen LogP) is 3.95. The van der Waals surface area contributed by atoms with E-state index in [4.69, 9.17) is 9.90 Å². The number of benzene rings is 2. The number of likely N-dealkylation sites (N-methyl/N-ethyl adjacent to an activating group) is 1. The first-order chi connectivity index (χ1) is 16.7. The molecule has 0 spiro atoms. The van der Waals surface area contributed by atoms with Crippen molar-refractivity contribution in [3.63, 3.8) is 0 Å². The molecule has 1 aliphatic rings. The van der Waals surface area contributed by atoms with Crippen molar-refractivity contribution in [3.05, 3.63) is 52.5 Å². The number of nitrogens with zero attached hydrogens (tertiary/aromatic N) is 2. The number of halogens is 4. The molecule has 1 fully saturated rings. The molecule has 0 unspecified atom stereocenters. The molecule has 1 heterocycles. The van der Waals surface area contributed by atoms with Crippen molar-refractivity contribution in [1.82, 2.24) is 4.90 Å². The van der Waals surface area contributed by atoms with Gasteiger partial charge in [0, 0.05) is 48.4 Å². The van der Waals surface area contributed by atoms with Gasteiger partial charge in [-0.2, -0.15) is 13.2 Å². The Morgan fingerprint density at radius 2 is 1.61 bits per heavy atom.